The normalized spacial score (nSPS) is 16.4. The van der Waals surface area contributed by atoms with Crippen molar-refractivity contribution in [3.05, 3.63) is 65.7 Å². The lowest BCUT2D eigenvalue weighted by atomic mass is 9.90. The Morgan fingerprint density at radius 3 is 2.21 bits per heavy atom. The number of rotatable bonds is 8. The molecule has 2 aromatic rings. The summed E-state index contributed by atoms with van der Waals surface area (Å²) in [7, 11) is 1.74. The van der Waals surface area contributed by atoms with Crippen molar-refractivity contribution in [2.75, 3.05) is 7.11 Å². The van der Waals surface area contributed by atoms with Gasteiger partial charge in [0.2, 0.25) is 0 Å². The first kappa shape index (κ1) is 24.8. The second kappa shape index (κ2) is 12.3. The van der Waals surface area contributed by atoms with E-state index in [-0.39, 0.29) is 30.5 Å². The van der Waals surface area contributed by atoms with Crippen molar-refractivity contribution in [1.82, 2.24) is 10.6 Å². The number of nitrogens with one attached hydrogen (secondary N) is 2. The van der Waals surface area contributed by atoms with Crippen LogP contribution in [0.25, 0.3) is 0 Å². The van der Waals surface area contributed by atoms with Crippen LogP contribution in [0.4, 0.5) is 0 Å². The number of methoxy groups -OCH3 is 1. The lowest BCUT2D eigenvalue weighted by molar-refractivity contribution is 0.192. The molecule has 0 radical (unpaired) electrons. The van der Waals surface area contributed by atoms with E-state index in [2.05, 4.69) is 60.0 Å². The maximum absolute atomic E-state index is 5.54. The van der Waals surface area contributed by atoms with Gasteiger partial charge in [-0.2, -0.15) is 0 Å². The van der Waals surface area contributed by atoms with Crippen LogP contribution in [-0.4, -0.2) is 13.2 Å². The molecular formula is C23H34Cl2N2O. The van der Waals surface area contributed by atoms with Gasteiger partial charge in [-0.3, -0.25) is 10.6 Å². The fraction of sp³-hybridized carbons (Fsp3) is 0.478. The topological polar surface area (TPSA) is 33.3 Å². The molecule has 3 nitrogen and oxygen atoms in total. The Balaban J connectivity index is 0.00000196. The number of ether oxygens (including phenoxy) is 1. The summed E-state index contributed by atoms with van der Waals surface area (Å²) in [6.07, 6.45) is 7.56. The molecule has 0 unspecified atom stereocenters. The predicted molar refractivity (Wildman–Crippen MR) is 123 cm³/mol. The molecule has 1 aliphatic carbocycles. The molecule has 5 heteroatoms. The van der Waals surface area contributed by atoms with Crippen molar-refractivity contribution in [2.45, 2.75) is 63.7 Å². The highest BCUT2D eigenvalue weighted by Crippen LogP contribution is 2.28. The Morgan fingerprint density at radius 1 is 0.929 bits per heavy atom. The van der Waals surface area contributed by atoms with Crippen LogP contribution < -0.4 is 15.4 Å². The largest absolute Gasteiger partial charge is 0.496 e. The number of benzene rings is 2. The van der Waals surface area contributed by atoms with E-state index in [1.165, 1.54) is 43.2 Å². The Hall–Kier alpha value is -1.26. The molecule has 156 valence electrons. The van der Waals surface area contributed by atoms with Crippen LogP contribution in [0.2, 0.25) is 0 Å². The molecule has 0 aromatic heterocycles. The minimum atomic E-state index is -0.218. The minimum Gasteiger partial charge on any atom is -0.496 e. The van der Waals surface area contributed by atoms with Gasteiger partial charge in [-0.15, -0.1) is 24.8 Å². The summed E-state index contributed by atoms with van der Waals surface area (Å²) in [5.74, 6) is 0.940. The molecular weight excluding hydrogens is 391 g/mol. The molecule has 2 N–H and O–H groups in total. The average Bonchev–Trinajstić information content (AvgIpc) is 2.73. The lowest BCUT2D eigenvalue weighted by Crippen LogP contribution is -2.57. The summed E-state index contributed by atoms with van der Waals surface area (Å²) >= 11 is 0. The molecule has 0 amide bonds. The monoisotopic (exact) mass is 424 g/mol. The highest BCUT2D eigenvalue weighted by atomic mass is 35.5. The molecule has 0 bridgehead atoms. The van der Waals surface area contributed by atoms with Crippen LogP contribution in [0.3, 0.4) is 0 Å². The van der Waals surface area contributed by atoms with Gasteiger partial charge in [0.25, 0.3) is 0 Å². The molecule has 1 atom stereocenters. The molecule has 1 saturated carbocycles. The minimum absolute atomic E-state index is 0. The van der Waals surface area contributed by atoms with Crippen LogP contribution in [0.1, 0.15) is 56.6 Å². The zero-order chi connectivity index (χ0) is 18.2. The van der Waals surface area contributed by atoms with Gasteiger partial charge >= 0.3 is 0 Å². The Kier molecular flexibility index (Phi) is 10.9. The van der Waals surface area contributed by atoms with Gasteiger partial charge in [0.15, 0.2) is 0 Å². The number of halogens is 2. The van der Waals surface area contributed by atoms with Gasteiger partial charge < -0.3 is 4.74 Å². The highest BCUT2D eigenvalue weighted by Gasteiger charge is 2.32. The van der Waals surface area contributed by atoms with E-state index < -0.39 is 0 Å². The Morgan fingerprint density at radius 2 is 1.57 bits per heavy atom. The molecule has 0 spiro atoms. The smallest absolute Gasteiger partial charge is 0.123 e. The van der Waals surface area contributed by atoms with Gasteiger partial charge in [0, 0.05) is 18.2 Å². The molecule has 1 fully saturated rings. The van der Waals surface area contributed by atoms with Gasteiger partial charge in [0.1, 0.15) is 5.75 Å². The van der Waals surface area contributed by atoms with Crippen LogP contribution in [0, 0.1) is 0 Å². The zero-order valence-corrected chi connectivity index (χ0v) is 18.6. The third kappa shape index (κ3) is 6.12. The SMILES string of the molecule is CC[C@@](NCc1ccccc1OC)(NC1CCCCC1)c1ccccc1.Cl.Cl. The Bertz CT molecular complexity index is 677. The summed E-state index contributed by atoms with van der Waals surface area (Å²) in [6, 6.07) is 19.7. The maximum Gasteiger partial charge on any atom is 0.123 e. The maximum atomic E-state index is 5.54. The summed E-state index contributed by atoms with van der Waals surface area (Å²) in [5.41, 5.74) is 2.28. The Labute approximate surface area is 182 Å². The standard InChI is InChI=1S/C23H32N2O.2ClH/c1-3-23(20-13-6-4-7-14-20,25-21-15-8-5-9-16-21)24-18-19-12-10-11-17-22(19)26-2;;/h4,6-7,10-14,17,21,24-25H,3,5,8-9,15-16,18H2,1-2H3;2*1H/t23-;;/m1../s1. The fourth-order valence-corrected chi connectivity index (χ4v) is 4.08. The van der Waals surface area contributed by atoms with E-state index in [1.807, 2.05) is 12.1 Å². The molecule has 0 saturated heterocycles. The second-order valence-electron chi connectivity index (χ2n) is 7.27. The third-order valence-corrected chi connectivity index (χ3v) is 5.63. The molecule has 3 rings (SSSR count). The van der Waals surface area contributed by atoms with Gasteiger partial charge in [-0.25, -0.2) is 0 Å². The third-order valence-electron chi connectivity index (χ3n) is 5.63. The summed E-state index contributed by atoms with van der Waals surface area (Å²) in [6.45, 7) is 3.03. The van der Waals surface area contributed by atoms with Gasteiger partial charge in [0.05, 0.1) is 12.8 Å². The molecule has 2 aromatic carbocycles. The number of hydrogen-bond donors (Lipinski definition) is 2. The number of hydrogen-bond acceptors (Lipinski definition) is 3. The van der Waals surface area contributed by atoms with E-state index in [1.54, 1.807) is 7.11 Å². The van der Waals surface area contributed by atoms with E-state index in [0.29, 0.717) is 6.04 Å². The first-order valence-corrected chi connectivity index (χ1v) is 9.97. The van der Waals surface area contributed by atoms with Crippen LogP contribution in [-0.2, 0) is 12.2 Å². The van der Waals surface area contributed by atoms with E-state index in [4.69, 9.17) is 4.74 Å². The highest BCUT2D eigenvalue weighted by molar-refractivity contribution is 5.85. The first-order valence-electron chi connectivity index (χ1n) is 9.97. The van der Waals surface area contributed by atoms with Crippen molar-refractivity contribution in [3.63, 3.8) is 0 Å². The van der Waals surface area contributed by atoms with E-state index >= 15 is 0 Å². The van der Waals surface area contributed by atoms with E-state index in [9.17, 15) is 0 Å². The zero-order valence-electron chi connectivity index (χ0n) is 16.9. The second-order valence-corrected chi connectivity index (χ2v) is 7.27. The van der Waals surface area contributed by atoms with Crippen molar-refractivity contribution >= 4 is 24.8 Å². The average molecular weight is 425 g/mol. The fourth-order valence-electron chi connectivity index (χ4n) is 4.08. The first-order chi connectivity index (χ1) is 12.8. The predicted octanol–water partition coefficient (Wildman–Crippen LogP) is 5.81. The molecule has 0 aliphatic heterocycles. The van der Waals surface area contributed by atoms with Crippen molar-refractivity contribution < 1.29 is 4.74 Å². The van der Waals surface area contributed by atoms with Crippen LogP contribution >= 0.6 is 24.8 Å². The summed E-state index contributed by atoms with van der Waals surface area (Å²) < 4.78 is 5.54. The van der Waals surface area contributed by atoms with Gasteiger partial charge in [-0.1, -0.05) is 74.7 Å². The van der Waals surface area contributed by atoms with Crippen molar-refractivity contribution in [2.24, 2.45) is 0 Å². The number of para-hydroxylation sites is 1. The van der Waals surface area contributed by atoms with Crippen LogP contribution in [0.15, 0.2) is 54.6 Å². The quantitative estimate of drug-likeness (QED) is 0.524. The van der Waals surface area contributed by atoms with Crippen molar-refractivity contribution in [1.29, 1.82) is 0 Å². The summed E-state index contributed by atoms with van der Waals surface area (Å²) in [5, 5.41) is 7.84. The van der Waals surface area contributed by atoms with E-state index in [0.717, 1.165) is 18.7 Å². The molecule has 28 heavy (non-hydrogen) atoms. The molecule has 1 aliphatic rings. The molecule has 0 heterocycles. The van der Waals surface area contributed by atoms with Crippen LogP contribution in [0.5, 0.6) is 5.75 Å². The van der Waals surface area contributed by atoms with Crippen molar-refractivity contribution in [3.8, 4) is 5.75 Å². The lowest BCUT2D eigenvalue weighted by Gasteiger charge is -2.40. The van der Waals surface area contributed by atoms with Gasteiger partial charge in [-0.05, 0) is 30.9 Å². The summed E-state index contributed by atoms with van der Waals surface area (Å²) in [4.78, 5) is 0.